The van der Waals surface area contributed by atoms with Crippen molar-refractivity contribution in [3.63, 3.8) is 0 Å². The average Bonchev–Trinajstić information content (AvgIpc) is 2.81. The van der Waals surface area contributed by atoms with Crippen LogP contribution in [0.3, 0.4) is 0 Å². The molecule has 0 atom stereocenters. The van der Waals surface area contributed by atoms with Gasteiger partial charge in [0.1, 0.15) is 11.5 Å². The second-order valence-electron chi connectivity index (χ2n) is 6.58. The first-order chi connectivity index (χ1) is 13.5. The lowest BCUT2D eigenvalue weighted by atomic mass is 10.1. The second kappa shape index (κ2) is 7.48. The highest BCUT2D eigenvalue weighted by molar-refractivity contribution is 7.91. The van der Waals surface area contributed by atoms with Gasteiger partial charge in [0.2, 0.25) is 5.91 Å². The van der Waals surface area contributed by atoms with Gasteiger partial charge >= 0.3 is 0 Å². The average molecular weight is 393 g/mol. The summed E-state index contributed by atoms with van der Waals surface area (Å²) in [6.45, 7) is 0.303. The van der Waals surface area contributed by atoms with E-state index in [2.05, 4.69) is 0 Å². The van der Waals surface area contributed by atoms with E-state index in [4.69, 9.17) is 4.74 Å². The zero-order valence-corrected chi connectivity index (χ0v) is 15.9. The van der Waals surface area contributed by atoms with Crippen LogP contribution in [0.1, 0.15) is 12.0 Å². The molecule has 0 saturated heterocycles. The van der Waals surface area contributed by atoms with Gasteiger partial charge in [-0.1, -0.05) is 42.5 Å². The van der Waals surface area contributed by atoms with Gasteiger partial charge in [0.25, 0.3) is 0 Å². The molecule has 142 valence electrons. The molecule has 0 unspecified atom stereocenters. The SMILES string of the molecule is O=C1CCS(=O)(=O)c2ccccc2N1Cc1ccc(Oc2ccccc2)cc1. The van der Waals surface area contributed by atoms with Gasteiger partial charge in [-0.3, -0.25) is 4.79 Å². The van der Waals surface area contributed by atoms with Crippen LogP contribution in [0.15, 0.2) is 83.8 Å². The monoisotopic (exact) mass is 393 g/mol. The maximum atomic E-state index is 12.6. The normalized spacial score (nSPS) is 15.6. The number of nitrogens with zero attached hydrogens (tertiary/aromatic N) is 1. The molecule has 0 saturated carbocycles. The van der Waals surface area contributed by atoms with Crippen LogP contribution in [-0.4, -0.2) is 20.1 Å². The molecule has 1 aliphatic heterocycles. The number of hydrogen-bond acceptors (Lipinski definition) is 4. The largest absolute Gasteiger partial charge is 0.457 e. The number of sulfone groups is 1. The Bertz CT molecular complexity index is 1090. The summed E-state index contributed by atoms with van der Waals surface area (Å²) in [5.41, 5.74) is 1.33. The van der Waals surface area contributed by atoms with Gasteiger partial charge in [-0.05, 0) is 42.0 Å². The Kier molecular flexibility index (Phi) is 4.88. The molecule has 0 aromatic heterocycles. The van der Waals surface area contributed by atoms with Crippen LogP contribution in [0.25, 0.3) is 0 Å². The van der Waals surface area contributed by atoms with E-state index in [1.165, 1.54) is 0 Å². The van der Waals surface area contributed by atoms with Crippen LogP contribution in [0, 0.1) is 0 Å². The first kappa shape index (κ1) is 18.3. The van der Waals surface area contributed by atoms with Crippen LogP contribution in [-0.2, 0) is 21.2 Å². The van der Waals surface area contributed by atoms with Gasteiger partial charge in [-0.2, -0.15) is 0 Å². The Morgan fingerprint density at radius 2 is 1.46 bits per heavy atom. The Hall–Kier alpha value is -3.12. The number of carbonyl (C=O) groups excluding carboxylic acids is 1. The Labute approximate surface area is 164 Å². The van der Waals surface area contributed by atoms with Crippen molar-refractivity contribution in [3.05, 3.63) is 84.4 Å². The van der Waals surface area contributed by atoms with E-state index in [0.29, 0.717) is 18.0 Å². The fraction of sp³-hybridized carbons (Fsp3) is 0.136. The van der Waals surface area contributed by atoms with Crippen molar-refractivity contribution < 1.29 is 17.9 Å². The highest BCUT2D eigenvalue weighted by Crippen LogP contribution is 2.31. The van der Waals surface area contributed by atoms with Crippen molar-refractivity contribution in [1.82, 2.24) is 0 Å². The highest BCUT2D eigenvalue weighted by atomic mass is 32.2. The van der Waals surface area contributed by atoms with Crippen molar-refractivity contribution in [2.45, 2.75) is 17.9 Å². The van der Waals surface area contributed by atoms with Crippen LogP contribution in [0.4, 0.5) is 5.69 Å². The van der Waals surface area contributed by atoms with E-state index < -0.39 is 9.84 Å². The number of fused-ring (bicyclic) bond motifs is 1. The highest BCUT2D eigenvalue weighted by Gasteiger charge is 2.30. The summed E-state index contributed by atoms with van der Waals surface area (Å²) in [7, 11) is -3.46. The summed E-state index contributed by atoms with van der Waals surface area (Å²) in [5, 5.41) is 0. The molecule has 3 aromatic carbocycles. The third-order valence-electron chi connectivity index (χ3n) is 4.62. The topological polar surface area (TPSA) is 63.7 Å². The van der Waals surface area contributed by atoms with Crippen LogP contribution in [0.5, 0.6) is 11.5 Å². The van der Waals surface area contributed by atoms with Crippen molar-refractivity contribution in [2.75, 3.05) is 10.7 Å². The van der Waals surface area contributed by atoms with E-state index in [9.17, 15) is 13.2 Å². The molecule has 5 nitrogen and oxygen atoms in total. The number of anilines is 1. The van der Waals surface area contributed by atoms with Gasteiger partial charge in [-0.25, -0.2) is 8.42 Å². The third-order valence-corrected chi connectivity index (χ3v) is 6.38. The molecular weight excluding hydrogens is 374 g/mol. The van der Waals surface area contributed by atoms with Crippen molar-refractivity contribution in [1.29, 1.82) is 0 Å². The molecule has 1 amide bonds. The lowest BCUT2D eigenvalue weighted by Gasteiger charge is -2.22. The smallest absolute Gasteiger partial charge is 0.228 e. The molecule has 28 heavy (non-hydrogen) atoms. The van der Waals surface area contributed by atoms with Gasteiger partial charge in [0.05, 0.1) is 22.9 Å². The fourth-order valence-electron chi connectivity index (χ4n) is 3.19. The predicted octanol–water partition coefficient (Wildman–Crippen LogP) is 4.19. The summed E-state index contributed by atoms with van der Waals surface area (Å²) < 4.78 is 30.7. The summed E-state index contributed by atoms with van der Waals surface area (Å²) >= 11 is 0. The zero-order valence-electron chi connectivity index (χ0n) is 15.1. The Balaban J connectivity index is 1.58. The zero-order chi connectivity index (χ0) is 19.6. The van der Waals surface area contributed by atoms with Gasteiger partial charge in [0.15, 0.2) is 9.84 Å². The Morgan fingerprint density at radius 1 is 0.821 bits per heavy atom. The quantitative estimate of drug-likeness (QED) is 0.667. The lowest BCUT2D eigenvalue weighted by molar-refractivity contribution is -0.118. The molecule has 3 aromatic rings. The molecule has 4 rings (SSSR count). The van der Waals surface area contributed by atoms with E-state index >= 15 is 0 Å². The molecule has 0 aliphatic carbocycles. The van der Waals surface area contributed by atoms with E-state index in [1.54, 1.807) is 29.2 Å². The maximum Gasteiger partial charge on any atom is 0.228 e. The minimum absolute atomic E-state index is 0.0216. The number of rotatable bonds is 4. The molecule has 0 bridgehead atoms. The Morgan fingerprint density at radius 3 is 2.21 bits per heavy atom. The standard InChI is InChI=1S/C22H19NO4S/c24-22-14-15-28(25,26)21-9-5-4-8-20(21)23(22)16-17-10-12-19(13-11-17)27-18-6-2-1-3-7-18/h1-13H,14-16H2. The first-order valence-electron chi connectivity index (χ1n) is 8.97. The van der Waals surface area contributed by atoms with Crippen molar-refractivity contribution in [2.24, 2.45) is 0 Å². The summed E-state index contributed by atoms with van der Waals surface area (Å²) in [6.07, 6.45) is -0.0216. The van der Waals surface area contributed by atoms with E-state index in [1.807, 2.05) is 54.6 Å². The molecule has 6 heteroatoms. The second-order valence-corrected chi connectivity index (χ2v) is 8.65. The predicted molar refractivity (Wildman–Crippen MR) is 107 cm³/mol. The molecule has 1 heterocycles. The summed E-state index contributed by atoms with van der Waals surface area (Å²) in [4.78, 5) is 14.4. The number of para-hydroxylation sites is 2. The minimum Gasteiger partial charge on any atom is -0.457 e. The molecule has 1 aliphatic rings. The third kappa shape index (κ3) is 3.77. The van der Waals surface area contributed by atoms with Crippen molar-refractivity contribution >= 4 is 21.4 Å². The first-order valence-corrected chi connectivity index (χ1v) is 10.6. The number of benzene rings is 3. The van der Waals surface area contributed by atoms with Crippen molar-refractivity contribution in [3.8, 4) is 11.5 Å². The number of amides is 1. The van der Waals surface area contributed by atoms with Crippen LogP contribution < -0.4 is 9.64 Å². The molecule has 0 spiro atoms. The molecule has 0 radical (unpaired) electrons. The molecule has 0 N–H and O–H groups in total. The van der Waals surface area contributed by atoms with Gasteiger partial charge in [-0.15, -0.1) is 0 Å². The summed E-state index contributed by atoms with van der Waals surface area (Å²) in [6, 6.07) is 23.6. The van der Waals surface area contributed by atoms with E-state index in [0.717, 1.165) is 11.3 Å². The van der Waals surface area contributed by atoms with Gasteiger partial charge < -0.3 is 9.64 Å². The minimum atomic E-state index is -3.46. The fourth-order valence-corrected chi connectivity index (χ4v) is 4.63. The number of ether oxygens (including phenoxy) is 1. The van der Waals surface area contributed by atoms with Crippen LogP contribution >= 0.6 is 0 Å². The van der Waals surface area contributed by atoms with Gasteiger partial charge in [0, 0.05) is 6.42 Å². The molecular formula is C22H19NO4S. The number of carbonyl (C=O) groups is 1. The summed E-state index contributed by atoms with van der Waals surface area (Å²) in [5.74, 6) is 1.08. The van der Waals surface area contributed by atoms with Crippen LogP contribution in [0.2, 0.25) is 0 Å². The number of hydrogen-bond donors (Lipinski definition) is 0. The molecule has 0 fully saturated rings. The maximum absolute atomic E-state index is 12.6. The lowest BCUT2D eigenvalue weighted by Crippen LogP contribution is -2.29. The van der Waals surface area contributed by atoms with E-state index in [-0.39, 0.29) is 23.0 Å².